The van der Waals surface area contributed by atoms with Gasteiger partial charge in [-0.25, -0.2) is 0 Å². The Morgan fingerprint density at radius 1 is 1.33 bits per heavy atom. The van der Waals surface area contributed by atoms with Crippen molar-refractivity contribution in [2.45, 2.75) is 26.3 Å². The van der Waals surface area contributed by atoms with E-state index in [0.717, 1.165) is 24.4 Å². The summed E-state index contributed by atoms with van der Waals surface area (Å²) in [6.45, 7) is 5.08. The third kappa shape index (κ3) is 2.56. The van der Waals surface area contributed by atoms with Gasteiger partial charge in [0.05, 0.1) is 23.6 Å². The van der Waals surface area contributed by atoms with E-state index < -0.39 is 0 Å². The molecule has 0 aliphatic rings. The molecule has 0 saturated carbocycles. The molecular formula is C13H19N5. The first kappa shape index (κ1) is 12.7. The second kappa shape index (κ2) is 5.73. The van der Waals surface area contributed by atoms with E-state index in [2.05, 4.69) is 40.4 Å². The summed E-state index contributed by atoms with van der Waals surface area (Å²) in [5, 5.41) is 7.93. The number of nitrogens with one attached hydrogen (secondary N) is 1. The molecule has 0 amide bonds. The summed E-state index contributed by atoms with van der Waals surface area (Å²) in [6, 6.07) is 0.0624. The lowest BCUT2D eigenvalue weighted by Crippen LogP contribution is -2.23. The van der Waals surface area contributed by atoms with Crippen LogP contribution >= 0.6 is 0 Å². The minimum atomic E-state index is 0.0624. The van der Waals surface area contributed by atoms with Gasteiger partial charge in [0.25, 0.3) is 0 Å². The van der Waals surface area contributed by atoms with Crippen LogP contribution in [0.1, 0.15) is 36.8 Å². The van der Waals surface area contributed by atoms with Crippen LogP contribution in [0.3, 0.4) is 0 Å². The highest BCUT2D eigenvalue weighted by Crippen LogP contribution is 2.22. The summed E-state index contributed by atoms with van der Waals surface area (Å²) >= 11 is 0. The number of rotatable bonds is 5. The quantitative estimate of drug-likeness (QED) is 0.866. The maximum atomic E-state index is 4.49. The predicted octanol–water partition coefficient (Wildman–Crippen LogP) is 1.47. The topological polar surface area (TPSA) is 55.6 Å². The molecule has 1 unspecified atom stereocenters. The normalized spacial score (nSPS) is 12.6. The molecule has 5 heteroatoms. The Kier molecular flexibility index (Phi) is 4.04. The molecule has 1 N–H and O–H groups in total. The fourth-order valence-corrected chi connectivity index (χ4v) is 2.11. The average molecular weight is 245 g/mol. The third-order valence-electron chi connectivity index (χ3n) is 2.87. The van der Waals surface area contributed by atoms with Crippen LogP contribution in [0.2, 0.25) is 0 Å². The Bertz CT molecular complexity index is 491. The molecule has 2 heterocycles. The van der Waals surface area contributed by atoms with E-state index >= 15 is 0 Å². The third-order valence-corrected chi connectivity index (χ3v) is 2.87. The zero-order chi connectivity index (χ0) is 13.0. The smallest absolute Gasteiger partial charge is 0.0802 e. The molecule has 0 spiro atoms. The van der Waals surface area contributed by atoms with Gasteiger partial charge in [0, 0.05) is 31.2 Å². The van der Waals surface area contributed by atoms with Crippen LogP contribution in [0.4, 0.5) is 0 Å². The molecule has 1 atom stereocenters. The predicted molar refractivity (Wildman–Crippen MR) is 70.1 cm³/mol. The molecule has 0 saturated heterocycles. The maximum Gasteiger partial charge on any atom is 0.0802 e. The van der Waals surface area contributed by atoms with E-state index in [1.807, 2.05) is 11.7 Å². The van der Waals surface area contributed by atoms with Crippen molar-refractivity contribution in [3.8, 4) is 0 Å². The Morgan fingerprint density at radius 2 is 2.17 bits per heavy atom. The van der Waals surface area contributed by atoms with Crippen LogP contribution in [-0.4, -0.2) is 26.3 Å². The molecule has 0 aromatic carbocycles. The summed E-state index contributed by atoms with van der Waals surface area (Å²) in [6.07, 6.45) is 8.19. The number of nitrogens with zero attached hydrogens (tertiary/aromatic N) is 4. The summed E-state index contributed by atoms with van der Waals surface area (Å²) in [4.78, 5) is 8.54. The van der Waals surface area contributed by atoms with Crippen LogP contribution < -0.4 is 5.32 Å². The highest BCUT2D eigenvalue weighted by atomic mass is 15.3. The molecule has 0 aliphatic carbocycles. The van der Waals surface area contributed by atoms with Gasteiger partial charge in [-0.2, -0.15) is 5.10 Å². The number of aromatic nitrogens is 4. The van der Waals surface area contributed by atoms with Crippen molar-refractivity contribution in [3.63, 3.8) is 0 Å². The monoisotopic (exact) mass is 245 g/mol. The first-order chi connectivity index (χ1) is 8.76. The van der Waals surface area contributed by atoms with Gasteiger partial charge in [-0.1, -0.05) is 13.8 Å². The lowest BCUT2D eigenvalue weighted by molar-refractivity contribution is 0.608. The SMILES string of the molecule is CCNC(c1cnccn1)c1cn(C)nc1CC. The molecule has 0 radical (unpaired) electrons. The van der Waals surface area contributed by atoms with Gasteiger partial charge >= 0.3 is 0 Å². The molecular weight excluding hydrogens is 226 g/mol. The lowest BCUT2D eigenvalue weighted by Gasteiger charge is -2.16. The zero-order valence-electron chi connectivity index (χ0n) is 11.1. The van der Waals surface area contributed by atoms with E-state index in [9.17, 15) is 0 Å². The molecule has 96 valence electrons. The lowest BCUT2D eigenvalue weighted by atomic mass is 10.0. The second-order valence-corrected chi connectivity index (χ2v) is 4.18. The van der Waals surface area contributed by atoms with Crippen molar-refractivity contribution < 1.29 is 0 Å². The first-order valence-electron chi connectivity index (χ1n) is 6.28. The Hall–Kier alpha value is -1.75. The van der Waals surface area contributed by atoms with Crippen LogP contribution in [0.5, 0.6) is 0 Å². The van der Waals surface area contributed by atoms with E-state index in [-0.39, 0.29) is 6.04 Å². The summed E-state index contributed by atoms with van der Waals surface area (Å²) in [5.74, 6) is 0. The number of aryl methyl sites for hydroxylation is 2. The van der Waals surface area contributed by atoms with Crippen LogP contribution in [0.15, 0.2) is 24.8 Å². The van der Waals surface area contributed by atoms with Gasteiger partial charge in [-0.15, -0.1) is 0 Å². The fourth-order valence-electron chi connectivity index (χ4n) is 2.11. The van der Waals surface area contributed by atoms with Crippen molar-refractivity contribution >= 4 is 0 Å². The summed E-state index contributed by atoms with van der Waals surface area (Å²) in [7, 11) is 1.95. The van der Waals surface area contributed by atoms with E-state index in [1.54, 1.807) is 18.6 Å². The van der Waals surface area contributed by atoms with Crippen molar-refractivity contribution in [2.75, 3.05) is 6.54 Å². The van der Waals surface area contributed by atoms with Crippen molar-refractivity contribution in [1.29, 1.82) is 0 Å². The van der Waals surface area contributed by atoms with Crippen LogP contribution in [0, 0.1) is 0 Å². The van der Waals surface area contributed by atoms with Gasteiger partial charge in [0.2, 0.25) is 0 Å². The van der Waals surface area contributed by atoms with E-state index in [4.69, 9.17) is 0 Å². The maximum absolute atomic E-state index is 4.49. The zero-order valence-corrected chi connectivity index (χ0v) is 11.1. The number of hydrogen-bond acceptors (Lipinski definition) is 4. The minimum absolute atomic E-state index is 0.0624. The molecule has 2 aromatic rings. The van der Waals surface area contributed by atoms with Crippen LogP contribution in [-0.2, 0) is 13.5 Å². The van der Waals surface area contributed by atoms with E-state index in [0.29, 0.717) is 0 Å². The molecule has 0 fully saturated rings. The number of hydrogen-bond donors (Lipinski definition) is 1. The standard InChI is InChI=1S/C13H19N5/c1-4-11-10(9-18(3)17-11)13(15-5-2)12-8-14-6-7-16-12/h6-9,13,15H,4-5H2,1-3H3. The molecule has 18 heavy (non-hydrogen) atoms. The fraction of sp³-hybridized carbons (Fsp3) is 0.462. The Balaban J connectivity index is 2.41. The van der Waals surface area contributed by atoms with Crippen molar-refractivity contribution in [3.05, 3.63) is 41.7 Å². The molecule has 0 aliphatic heterocycles. The largest absolute Gasteiger partial charge is 0.305 e. The molecule has 0 bridgehead atoms. The minimum Gasteiger partial charge on any atom is -0.305 e. The first-order valence-corrected chi connectivity index (χ1v) is 6.28. The van der Waals surface area contributed by atoms with Gasteiger partial charge in [-0.3, -0.25) is 14.6 Å². The van der Waals surface area contributed by atoms with Crippen LogP contribution in [0.25, 0.3) is 0 Å². The molecule has 2 rings (SSSR count). The highest BCUT2D eigenvalue weighted by molar-refractivity contribution is 5.28. The van der Waals surface area contributed by atoms with Crippen molar-refractivity contribution in [1.82, 2.24) is 25.1 Å². The molecule has 2 aromatic heterocycles. The average Bonchev–Trinajstić information content (AvgIpc) is 2.78. The van der Waals surface area contributed by atoms with E-state index in [1.165, 1.54) is 5.56 Å². The second-order valence-electron chi connectivity index (χ2n) is 4.18. The van der Waals surface area contributed by atoms with Gasteiger partial charge in [0.15, 0.2) is 0 Å². The molecule has 5 nitrogen and oxygen atoms in total. The summed E-state index contributed by atoms with van der Waals surface area (Å²) < 4.78 is 1.86. The van der Waals surface area contributed by atoms with Gasteiger partial charge < -0.3 is 5.32 Å². The van der Waals surface area contributed by atoms with Gasteiger partial charge in [0.1, 0.15) is 0 Å². The van der Waals surface area contributed by atoms with Crippen molar-refractivity contribution in [2.24, 2.45) is 7.05 Å². The highest BCUT2D eigenvalue weighted by Gasteiger charge is 2.19. The Labute approximate surface area is 107 Å². The summed E-state index contributed by atoms with van der Waals surface area (Å²) in [5.41, 5.74) is 3.22. The Morgan fingerprint density at radius 3 is 2.78 bits per heavy atom. The van der Waals surface area contributed by atoms with Gasteiger partial charge in [-0.05, 0) is 13.0 Å².